The van der Waals surface area contributed by atoms with Crippen LogP contribution in [0.15, 0.2) is 49.1 Å². The second kappa shape index (κ2) is 7.19. The number of anilines is 1. The van der Waals surface area contributed by atoms with Gasteiger partial charge in [-0.05, 0) is 37.1 Å². The molecule has 0 aliphatic carbocycles. The molecule has 25 heavy (non-hydrogen) atoms. The Morgan fingerprint density at radius 1 is 1.04 bits per heavy atom. The number of amides is 1. The van der Waals surface area contributed by atoms with Gasteiger partial charge in [0.05, 0.1) is 30.6 Å². The molecular formula is C19H22N4O2. The van der Waals surface area contributed by atoms with E-state index >= 15 is 0 Å². The molecule has 2 fully saturated rings. The number of likely N-dealkylation sites (tertiary alicyclic amines) is 1. The quantitative estimate of drug-likeness (QED) is 0.838. The van der Waals surface area contributed by atoms with Crippen LogP contribution in [0.5, 0.6) is 0 Å². The Labute approximate surface area is 147 Å². The summed E-state index contributed by atoms with van der Waals surface area (Å²) in [5, 5.41) is 0. The van der Waals surface area contributed by atoms with Gasteiger partial charge in [0.15, 0.2) is 0 Å². The maximum atomic E-state index is 12.7. The number of hydrogen-bond donors (Lipinski definition) is 0. The van der Waals surface area contributed by atoms with Crippen molar-refractivity contribution in [1.82, 2.24) is 14.9 Å². The zero-order valence-corrected chi connectivity index (χ0v) is 14.1. The molecule has 0 bridgehead atoms. The fraction of sp³-hybridized carbons (Fsp3) is 0.421. The average Bonchev–Trinajstić information content (AvgIpc) is 2.91. The lowest BCUT2D eigenvalue weighted by Crippen LogP contribution is -2.51. The van der Waals surface area contributed by atoms with E-state index in [1.165, 1.54) is 0 Å². The SMILES string of the molecule is O=C(c1ccncc1)N1CC[C@@H]2[C@@H](CC1)OCCN2c1cccnc1. The van der Waals surface area contributed by atoms with Crippen LogP contribution in [0, 0.1) is 0 Å². The van der Waals surface area contributed by atoms with E-state index in [1.807, 2.05) is 17.2 Å². The van der Waals surface area contributed by atoms with E-state index in [2.05, 4.69) is 20.9 Å². The third kappa shape index (κ3) is 3.35. The van der Waals surface area contributed by atoms with Crippen LogP contribution >= 0.6 is 0 Å². The number of rotatable bonds is 2. The zero-order valence-electron chi connectivity index (χ0n) is 14.1. The molecule has 130 valence electrons. The van der Waals surface area contributed by atoms with Crippen LogP contribution in [0.25, 0.3) is 0 Å². The fourth-order valence-electron chi connectivity index (χ4n) is 3.80. The van der Waals surface area contributed by atoms with Crippen LogP contribution in [-0.2, 0) is 4.74 Å². The van der Waals surface area contributed by atoms with E-state index in [1.54, 1.807) is 30.7 Å². The fourth-order valence-corrected chi connectivity index (χ4v) is 3.80. The number of carbonyl (C=O) groups excluding carboxylic acids is 1. The molecule has 2 atom stereocenters. The molecule has 2 aliphatic heterocycles. The standard InChI is InChI=1S/C19H22N4O2/c24-19(15-3-8-20-9-4-15)22-10-5-17-18(6-11-22)25-13-12-23(17)16-2-1-7-21-14-16/h1-4,7-9,14,17-18H,5-6,10-13H2/t17-,18-/m1/s1. The summed E-state index contributed by atoms with van der Waals surface area (Å²) in [5.74, 6) is 0.0778. The lowest BCUT2D eigenvalue weighted by atomic mass is 10.0. The Bertz CT molecular complexity index is 710. The number of fused-ring (bicyclic) bond motifs is 1. The first kappa shape index (κ1) is 16.0. The van der Waals surface area contributed by atoms with Crippen molar-refractivity contribution in [2.75, 3.05) is 31.1 Å². The van der Waals surface area contributed by atoms with E-state index in [0.29, 0.717) is 12.2 Å². The minimum atomic E-state index is 0.0778. The van der Waals surface area contributed by atoms with Gasteiger partial charge < -0.3 is 14.5 Å². The van der Waals surface area contributed by atoms with Crippen molar-refractivity contribution in [3.63, 3.8) is 0 Å². The van der Waals surface area contributed by atoms with Crippen molar-refractivity contribution in [3.8, 4) is 0 Å². The summed E-state index contributed by atoms with van der Waals surface area (Å²) < 4.78 is 6.04. The summed E-state index contributed by atoms with van der Waals surface area (Å²) in [6.07, 6.45) is 8.95. The van der Waals surface area contributed by atoms with Gasteiger partial charge in [-0.25, -0.2) is 0 Å². The number of aromatic nitrogens is 2. The maximum absolute atomic E-state index is 12.7. The predicted molar refractivity (Wildman–Crippen MR) is 94.5 cm³/mol. The van der Waals surface area contributed by atoms with Crippen molar-refractivity contribution in [3.05, 3.63) is 54.6 Å². The van der Waals surface area contributed by atoms with Gasteiger partial charge in [0.1, 0.15) is 0 Å². The Balaban J connectivity index is 1.50. The van der Waals surface area contributed by atoms with Crippen molar-refractivity contribution in [1.29, 1.82) is 0 Å². The Morgan fingerprint density at radius 3 is 2.68 bits per heavy atom. The molecule has 0 aromatic carbocycles. The van der Waals surface area contributed by atoms with E-state index in [9.17, 15) is 4.79 Å². The number of nitrogens with zero attached hydrogens (tertiary/aromatic N) is 4. The molecule has 6 heteroatoms. The average molecular weight is 338 g/mol. The largest absolute Gasteiger partial charge is 0.374 e. The molecule has 4 heterocycles. The molecule has 0 N–H and O–H groups in total. The molecule has 6 nitrogen and oxygen atoms in total. The minimum absolute atomic E-state index is 0.0778. The summed E-state index contributed by atoms with van der Waals surface area (Å²) in [5.41, 5.74) is 1.83. The number of morpholine rings is 1. The molecule has 0 unspecified atom stereocenters. The highest BCUT2D eigenvalue weighted by molar-refractivity contribution is 5.94. The topological polar surface area (TPSA) is 58.6 Å². The minimum Gasteiger partial charge on any atom is -0.374 e. The van der Waals surface area contributed by atoms with E-state index in [-0.39, 0.29) is 18.1 Å². The van der Waals surface area contributed by atoms with Crippen molar-refractivity contribution in [2.45, 2.75) is 25.0 Å². The summed E-state index contributed by atoms with van der Waals surface area (Å²) in [4.78, 5) is 25.3. The first-order chi connectivity index (χ1) is 12.3. The van der Waals surface area contributed by atoms with Gasteiger partial charge in [-0.1, -0.05) is 0 Å². The third-order valence-corrected chi connectivity index (χ3v) is 5.06. The highest BCUT2D eigenvalue weighted by Gasteiger charge is 2.36. The molecule has 1 amide bonds. The van der Waals surface area contributed by atoms with Crippen molar-refractivity contribution < 1.29 is 9.53 Å². The van der Waals surface area contributed by atoms with Crippen LogP contribution in [-0.4, -0.2) is 59.2 Å². The maximum Gasteiger partial charge on any atom is 0.253 e. The molecule has 4 rings (SSSR count). The van der Waals surface area contributed by atoms with Gasteiger partial charge in [0, 0.05) is 43.8 Å². The summed E-state index contributed by atoms with van der Waals surface area (Å²) in [7, 11) is 0. The summed E-state index contributed by atoms with van der Waals surface area (Å²) in [6, 6.07) is 7.90. The van der Waals surface area contributed by atoms with E-state index in [0.717, 1.165) is 38.2 Å². The zero-order chi connectivity index (χ0) is 17.1. The second-order valence-electron chi connectivity index (χ2n) is 6.49. The lowest BCUT2D eigenvalue weighted by molar-refractivity contribution is 0.00907. The molecule has 0 spiro atoms. The Morgan fingerprint density at radius 2 is 1.88 bits per heavy atom. The molecule has 2 aromatic heterocycles. The monoisotopic (exact) mass is 338 g/mol. The number of ether oxygens (including phenoxy) is 1. The molecule has 2 saturated heterocycles. The summed E-state index contributed by atoms with van der Waals surface area (Å²) in [6.45, 7) is 3.05. The second-order valence-corrected chi connectivity index (χ2v) is 6.49. The molecule has 0 radical (unpaired) electrons. The van der Waals surface area contributed by atoms with Crippen LogP contribution in [0.4, 0.5) is 5.69 Å². The van der Waals surface area contributed by atoms with Crippen molar-refractivity contribution in [2.24, 2.45) is 0 Å². The first-order valence-electron chi connectivity index (χ1n) is 8.80. The van der Waals surface area contributed by atoms with Gasteiger partial charge in [-0.3, -0.25) is 14.8 Å². The number of hydrogen-bond acceptors (Lipinski definition) is 5. The van der Waals surface area contributed by atoms with Crippen LogP contribution in [0.2, 0.25) is 0 Å². The Kier molecular flexibility index (Phi) is 4.61. The number of carbonyl (C=O) groups is 1. The normalized spacial score (nSPS) is 23.7. The van der Waals surface area contributed by atoms with Gasteiger partial charge in [-0.15, -0.1) is 0 Å². The molecule has 2 aromatic rings. The predicted octanol–water partition coefficient (Wildman–Crippen LogP) is 1.99. The van der Waals surface area contributed by atoms with Gasteiger partial charge in [0.25, 0.3) is 5.91 Å². The van der Waals surface area contributed by atoms with Crippen LogP contribution < -0.4 is 4.90 Å². The number of pyridine rings is 2. The summed E-state index contributed by atoms with van der Waals surface area (Å²) >= 11 is 0. The third-order valence-electron chi connectivity index (χ3n) is 5.06. The molecule has 0 saturated carbocycles. The first-order valence-corrected chi connectivity index (χ1v) is 8.80. The van der Waals surface area contributed by atoms with Crippen LogP contribution in [0.3, 0.4) is 0 Å². The van der Waals surface area contributed by atoms with Crippen molar-refractivity contribution >= 4 is 11.6 Å². The smallest absolute Gasteiger partial charge is 0.253 e. The van der Waals surface area contributed by atoms with Gasteiger partial charge in [-0.2, -0.15) is 0 Å². The lowest BCUT2D eigenvalue weighted by Gasteiger charge is -2.41. The van der Waals surface area contributed by atoms with Crippen LogP contribution in [0.1, 0.15) is 23.2 Å². The molecular weight excluding hydrogens is 316 g/mol. The van der Waals surface area contributed by atoms with Gasteiger partial charge >= 0.3 is 0 Å². The Hall–Kier alpha value is -2.47. The van der Waals surface area contributed by atoms with E-state index in [4.69, 9.17) is 4.74 Å². The highest BCUT2D eigenvalue weighted by Crippen LogP contribution is 2.28. The highest BCUT2D eigenvalue weighted by atomic mass is 16.5. The van der Waals surface area contributed by atoms with E-state index < -0.39 is 0 Å². The molecule has 2 aliphatic rings. The van der Waals surface area contributed by atoms with Gasteiger partial charge in [0.2, 0.25) is 0 Å².